The first-order valence-corrected chi connectivity index (χ1v) is 8.84. The molecule has 140 valence electrons. The van der Waals surface area contributed by atoms with Crippen molar-refractivity contribution in [1.82, 2.24) is 4.90 Å². The molecule has 2 aliphatic rings. The lowest BCUT2D eigenvalue weighted by Crippen LogP contribution is -2.34. The Kier molecular flexibility index (Phi) is 6.09. The molecule has 26 heavy (non-hydrogen) atoms. The molecule has 1 aliphatic carbocycles. The third-order valence-electron chi connectivity index (χ3n) is 4.99. The summed E-state index contributed by atoms with van der Waals surface area (Å²) in [5.41, 5.74) is 2.14. The van der Waals surface area contributed by atoms with Crippen molar-refractivity contribution < 1.29 is 19.8 Å². The minimum atomic E-state index is -1.82. The van der Waals surface area contributed by atoms with Gasteiger partial charge in [0.15, 0.2) is 0 Å². The van der Waals surface area contributed by atoms with Crippen molar-refractivity contribution in [2.24, 2.45) is 10.8 Å². The molecule has 0 amide bonds. The fourth-order valence-electron chi connectivity index (χ4n) is 4.53. The summed E-state index contributed by atoms with van der Waals surface area (Å²) in [5.74, 6) is 3.02. The summed E-state index contributed by atoms with van der Waals surface area (Å²) in [6.45, 7) is 9.47. The molecular formula is C21H27NO4. The number of carboxylic acid groups (broad SMARTS) is 2. The molecule has 2 bridgehead atoms. The molecule has 1 aliphatic heterocycles. The Balaban J connectivity index is 0.000000352. The van der Waals surface area contributed by atoms with E-state index in [1.165, 1.54) is 25.8 Å². The third-order valence-corrected chi connectivity index (χ3v) is 4.99. The number of hydrogen-bond donors (Lipinski definition) is 2. The summed E-state index contributed by atoms with van der Waals surface area (Å²) in [6.07, 6.45) is 4.05. The summed E-state index contributed by atoms with van der Waals surface area (Å²) in [7, 11) is 0. The SMILES string of the molecule is CC1(C)CC2C[C@@](C)(CN2CC#Cc2ccccc2)C1.O=C(O)C(=O)O. The molecule has 3 rings (SSSR count). The van der Waals surface area contributed by atoms with Gasteiger partial charge >= 0.3 is 11.9 Å². The summed E-state index contributed by atoms with van der Waals surface area (Å²) < 4.78 is 0. The summed E-state index contributed by atoms with van der Waals surface area (Å²) in [6, 6.07) is 11.1. The Morgan fingerprint density at radius 2 is 1.73 bits per heavy atom. The number of carboxylic acids is 2. The van der Waals surface area contributed by atoms with Crippen molar-refractivity contribution in [1.29, 1.82) is 0 Å². The Labute approximate surface area is 155 Å². The molecule has 0 spiro atoms. The van der Waals surface area contributed by atoms with E-state index >= 15 is 0 Å². The van der Waals surface area contributed by atoms with Crippen LogP contribution in [0.3, 0.4) is 0 Å². The van der Waals surface area contributed by atoms with Gasteiger partial charge in [0.25, 0.3) is 0 Å². The van der Waals surface area contributed by atoms with Crippen LogP contribution in [0, 0.1) is 22.7 Å². The van der Waals surface area contributed by atoms with Gasteiger partial charge in [-0.3, -0.25) is 4.90 Å². The average molecular weight is 357 g/mol. The summed E-state index contributed by atoms with van der Waals surface area (Å²) >= 11 is 0. The van der Waals surface area contributed by atoms with Crippen LogP contribution in [0.5, 0.6) is 0 Å². The number of rotatable bonds is 1. The van der Waals surface area contributed by atoms with Gasteiger partial charge in [0.2, 0.25) is 0 Å². The van der Waals surface area contributed by atoms with E-state index in [0.717, 1.165) is 18.2 Å². The lowest BCUT2D eigenvalue weighted by Gasteiger charge is -2.39. The monoisotopic (exact) mass is 357 g/mol. The van der Waals surface area contributed by atoms with Crippen molar-refractivity contribution in [3.05, 3.63) is 35.9 Å². The number of carbonyl (C=O) groups is 2. The van der Waals surface area contributed by atoms with Crippen LogP contribution in [0.1, 0.15) is 45.6 Å². The second kappa shape index (κ2) is 7.92. The quantitative estimate of drug-likeness (QED) is 0.596. The van der Waals surface area contributed by atoms with Crippen LogP contribution in [0.15, 0.2) is 30.3 Å². The number of fused-ring (bicyclic) bond motifs is 2. The molecule has 1 unspecified atom stereocenters. The maximum atomic E-state index is 9.10. The van der Waals surface area contributed by atoms with Crippen molar-refractivity contribution in [2.45, 2.75) is 46.1 Å². The Hall–Kier alpha value is -2.32. The zero-order chi connectivity index (χ0) is 19.4. The largest absolute Gasteiger partial charge is 0.473 e. The van der Waals surface area contributed by atoms with E-state index < -0.39 is 11.9 Å². The minimum Gasteiger partial charge on any atom is -0.473 e. The van der Waals surface area contributed by atoms with Gasteiger partial charge in [-0.25, -0.2) is 9.59 Å². The number of hydrogen-bond acceptors (Lipinski definition) is 3. The molecule has 1 heterocycles. The maximum absolute atomic E-state index is 9.10. The van der Waals surface area contributed by atoms with Crippen molar-refractivity contribution in [2.75, 3.05) is 13.1 Å². The van der Waals surface area contributed by atoms with Gasteiger partial charge in [0.05, 0.1) is 6.54 Å². The van der Waals surface area contributed by atoms with Crippen molar-refractivity contribution in [3.8, 4) is 11.8 Å². The highest BCUT2D eigenvalue weighted by Gasteiger charge is 2.49. The van der Waals surface area contributed by atoms with Gasteiger partial charge in [-0.2, -0.15) is 0 Å². The normalized spacial score (nSPS) is 26.0. The molecular weight excluding hydrogens is 330 g/mol. The van der Waals surface area contributed by atoms with Crippen LogP contribution in [-0.4, -0.2) is 46.2 Å². The van der Waals surface area contributed by atoms with Crippen molar-refractivity contribution in [3.63, 3.8) is 0 Å². The number of benzene rings is 1. The van der Waals surface area contributed by atoms with Gasteiger partial charge < -0.3 is 10.2 Å². The van der Waals surface area contributed by atoms with Crippen LogP contribution < -0.4 is 0 Å². The second-order valence-corrected chi connectivity index (χ2v) is 8.40. The summed E-state index contributed by atoms with van der Waals surface area (Å²) in [5, 5.41) is 14.8. The second-order valence-electron chi connectivity index (χ2n) is 8.40. The zero-order valence-electron chi connectivity index (χ0n) is 15.7. The van der Waals surface area contributed by atoms with E-state index in [1.54, 1.807) is 0 Å². The predicted octanol–water partition coefficient (Wildman–Crippen LogP) is 3.09. The van der Waals surface area contributed by atoms with Gasteiger partial charge in [-0.1, -0.05) is 50.8 Å². The van der Waals surface area contributed by atoms with E-state index in [9.17, 15) is 0 Å². The van der Waals surface area contributed by atoms with E-state index in [-0.39, 0.29) is 0 Å². The first-order valence-electron chi connectivity index (χ1n) is 8.84. The number of nitrogens with zero attached hydrogens (tertiary/aromatic N) is 1. The van der Waals surface area contributed by atoms with Crippen LogP contribution >= 0.6 is 0 Å². The molecule has 0 aromatic heterocycles. The van der Waals surface area contributed by atoms with Crippen LogP contribution in [0.4, 0.5) is 0 Å². The minimum absolute atomic E-state index is 0.499. The Bertz CT molecular complexity index is 705. The van der Waals surface area contributed by atoms with Crippen LogP contribution in [-0.2, 0) is 9.59 Å². The van der Waals surface area contributed by atoms with Crippen LogP contribution in [0.2, 0.25) is 0 Å². The fourth-order valence-corrected chi connectivity index (χ4v) is 4.53. The molecule has 2 N–H and O–H groups in total. The highest BCUT2D eigenvalue weighted by Crippen LogP contribution is 2.52. The number of likely N-dealkylation sites (tertiary alicyclic amines) is 1. The van der Waals surface area contributed by atoms with E-state index in [4.69, 9.17) is 19.8 Å². The maximum Gasteiger partial charge on any atom is 0.414 e. The topological polar surface area (TPSA) is 77.8 Å². The van der Waals surface area contributed by atoms with Gasteiger partial charge in [-0.05, 0) is 42.2 Å². The van der Waals surface area contributed by atoms with Gasteiger partial charge in [0, 0.05) is 18.2 Å². The fraction of sp³-hybridized carbons (Fsp3) is 0.524. The highest BCUT2D eigenvalue weighted by atomic mass is 16.4. The molecule has 0 radical (unpaired) electrons. The van der Waals surface area contributed by atoms with E-state index in [0.29, 0.717) is 10.8 Å². The molecule has 1 saturated heterocycles. The third kappa shape index (κ3) is 5.60. The lowest BCUT2D eigenvalue weighted by molar-refractivity contribution is -0.159. The molecule has 2 fully saturated rings. The molecule has 5 nitrogen and oxygen atoms in total. The van der Waals surface area contributed by atoms with Crippen molar-refractivity contribution >= 4 is 11.9 Å². The zero-order valence-corrected chi connectivity index (χ0v) is 15.7. The molecule has 1 saturated carbocycles. The van der Waals surface area contributed by atoms with Crippen LogP contribution in [0.25, 0.3) is 0 Å². The van der Waals surface area contributed by atoms with E-state index in [1.807, 2.05) is 6.07 Å². The smallest absolute Gasteiger partial charge is 0.414 e. The lowest BCUT2D eigenvalue weighted by atomic mass is 9.65. The van der Waals surface area contributed by atoms with Gasteiger partial charge in [-0.15, -0.1) is 0 Å². The first kappa shape index (κ1) is 20.0. The summed E-state index contributed by atoms with van der Waals surface area (Å²) in [4.78, 5) is 20.8. The Morgan fingerprint density at radius 1 is 1.12 bits per heavy atom. The highest BCUT2D eigenvalue weighted by molar-refractivity contribution is 6.27. The molecule has 1 aromatic carbocycles. The standard InChI is InChI=1S/C19H25N.C2H2O4/c1-18(2)12-17-13-19(3,14-18)15-20(17)11-7-10-16-8-5-4-6-9-16;3-1(4)2(5)6/h4-6,8-9,17H,11-15H2,1-3H3;(H,3,4)(H,5,6)/t17?,19-;/m1./s1. The number of aliphatic carboxylic acids is 2. The molecule has 2 atom stereocenters. The van der Waals surface area contributed by atoms with E-state index in [2.05, 4.69) is 61.8 Å². The van der Waals surface area contributed by atoms with Gasteiger partial charge in [0.1, 0.15) is 0 Å². The Morgan fingerprint density at radius 3 is 2.31 bits per heavy atom. The predicted molar refractivity (Wildman–Crippen MR) is 99.7 cm³/mol. The molecule has 5 heteroatoms. The first-order chi connectivity index (χ1) is 12.1. The molecule has 1 aromatic rings. The average Bonchev–Trinajstić information content (AvgIpc) is 2.77.